The zero-order valence-corrected chi connectivity index (χ0v) is 13.4. The Balaban J connectivity index is 1.71. The van der Waals surface area contributed by atoms with Crippen molar-refractivity contribution < 1.29 is 14.4 Å². The minimum atomic E-state index is -0.382. The number of halogens is 1. The summed E-state index contributed by atoms with van der Waals surface area (Å²) in [6.07, 6.45) is 0.489. The van der Waals surface area contributed by atoms with Crippen LogP contribution in [0.4, 0.5) is 5.69 Å². The van der Waals surface area contributed by atoms with Gasteiger partial charge in [-0.2, -0.15) is 0 Å². The lowest BCUT2D eigenvalue weighted by Gasteiger charge is -2.23. The van der Waals surface area contributed by atoms with Gasteiger partial charge in [0.05, 0.1) is 16.6 Å². The quantitative estimate of drug-likeness (QED) is 0.878. The zero-order valence-electron chi connectivity index (χ0n) is 12.6. The predicted molar refractivity (Wildman–Crippen MR) is 86.1 cm³/mol. The highest BCUT2D eigenvalue weighted by Gasteiger charge is 2.38. The minimum Gasteiger partial charge on any atom is -0.354 e. The fourth-order valence-corrected chi connectivity index (χ4v) is 3.26. The first-order valence-corrected chi connectivity index (χ1v) is 8.04. The number of nitrogens with one attached hydrogen (secondary N) is 1. The van der Waals surface area contributed by atoms with Gasteiger partial charge in [0.2, 0.25) is 17.7 Å². The third-order valence-electron chi connectivity index (χ3n) is 4.24. The van der Waals surface area contributed by atoms with Gasteiger partial charge >= 0.3 is 0 Å². The second-order valence-corrected chi connectivity index (χ2v) is 6.19. The molecular weight excluding hydrogens is 318 g/mol. The predicted octanol–water partition coefficient (Wildman–Crippen LogP) is 1.04. The average Bonchev–Trinajstić information content (AvgIpc) is 2.78. The van der Waals surface area contributed by atoms with Gasteiger partial charge < -0.3 is 15.1 Å². The van der Waals surface area contributed by atoms with Crippen LogP contribution in [0.1, 0.15) is 12.8 Å². The molecule has 2 fully saturated rings. The molecule has 0 aromatic heterocycles. The van der Waals surface area contributed by atoms with Crippen molar-refractivity contribution >= 4 is 35.0 Å². The highest BCUT2D eigenvalue weighted by atomic mass is 35.5. The molecule has 6 nitrogen and oxygen atoms in total. The van der Waals surface area contributed by atoms with Gasteiger partial charge in [-0.05, 0) is 12.1 Å². The van der Waals surface area contributed by atoms with Crippen LogP contribution in [0.25, 0.3) is 0 Å². The van der Waals surface area contributed by atoms with Gasteiger partial charge in [0.25, 0.3) is 0 Å². The number of carbonyl (C=O) groups is 3. The van der Waals surface area contributed by atoms with Crippen molar-refractivity contribution in [1.29, 1.82) is 0 Å². The van der Waals surface area contributed by atoms with E-state index >= 15 is 0 Å². The molecule has 0 bridgehead atoms. The molecule has 23 heavy (non-hydrogen) atoms. The first-order chi connectivity index (χ1) is 11.1. The normalized spacial score (nSPS) is 22.0. The summed E-state index contributed by atoms with van der Waals surface area (Å²) in [5.41, 5.74) is 0.641. The molecule has 3 amide bonds. The van der Waals surface area contributed by atoms with Crippen LogP contribution in [0.15, 0.2) is 24.3 Å². The van der Waals surface area contributed by atoms with Crippen LogP contribution in [-0.4, -0.2) is 48.8 Å². The van der Waals surface area contributed by atoms with Crippen molar-refractivity contribution in [2.24, 2.45) is 5.92 Å². The summed E-state index contributed by atoms with van der Waals surface area (Å²) in [7, 11) is 0. The van der Waals surface area contributed by atoms with E-state index in [4.69, 9.17) is 11.6 Å². The summed E-state index contributed by atoms with van der Waals surface area (Å²) in [6, 6.07) is 7.12. The van der Waals surface area contributed by atoms with Crippen molar-refractivity contribution in [2.75, 3.05) is 31.1 Å². The van der Waals surface area contributed by atoms with Gasteiger partial charge in [-0.1, -0.05) is 23.7 Å². The maximum Gasteiger partial charge on any atom is 0.228 e. The molecular formula is C16H18ClN3O3. The molecule has 2 aliphatic heterocycles. The number of para-hydroxylation sites is 1. The lowest BCUT2D eigenvalue weighted by Crippen LogP contribution is -2.39. The molecule has 1 N–H and O–H groups in total. The zero-order chi connectivity index (χ0) is 16.4. The Morgan fingerprint density at radius 3 is 2.78 bits per heavy atom. The molecule has 122 valence electrons. The van der Waals surface area contributed by atoms with Gasteiger partial charge in [-0.25, -0.2) is 0 Å². The van der Waals surface area contributed by atoms with Crippen LogP contribution in [0.2, 0.25) is 5.02 Å². The van der Waals surface area contributed by atoms with Crippen molar-refractivity contribution in [1.82, 2.24) is 10.2 Å². The summed E-state index contributed by atoms with van der Waals surface area (Å²) in [6.45, 7) is 1.68. The summed E-state index contributed by atoms with van der Waals surface area (Å²) < 4.78 is 0. The number of amides is 3. The summed E-state index contributed by atoms with van der Waals surface area (Å²) in [5, 5.41) is 3.24. The third-order valence-corrected chi connectivity index (χ3v) is 4.56. The van der Waals surface area contributed by atoms with Crippen molar-refractivity contribution in [3.05, 3.63) is 29.3 Å². The molecule has 2 aliphatic rings. The molecule has 1 aromatic carbocycles. The number of rotatable bonds is 2. The first kappa shape index (κ1) is 15.8. The Hall–Kier alpha value is -2.08. The number of hydrogen-bond acceptors (Lipinski definition) is 3. The Bertz CT molecular complexity index is 649. The highest BCUT2D eigenvalue weighted by Crippen LogP contribution is 2.31. The van der Waals surface area contributed by atoms with Crippen LogP contribution in [0, 0.1) is 5.92 Å². The molecule has 2 heterocycles. The molecule has 3 rings (SSSR count). The summed E-state index contributed by atoms with van der Waals surface area (Å²) in [5.74, 6) is -0.586. The molecule has 0 radical (unpaired) electrons. The van der Waals surface area contributed by atoms with E-state index in [1.54, 1.807) is 28.0 Å². The molecule has 7 heteroatoms. The lowest BCUT2D eigenvalue weighted by atomic mass is 10.1. The van der Waals surface area contributed by atoms with Gasteiger partial charge in [-0.15, -0.1) is 0 Å². The van der Waals surface area contributed by atoms with Gasteiger partial charge in [0.15, 0.2) is 0 Å². The first-order valence-electron chi connectivity index (χ1n) is 7.66. The smallest absolute Gasteiger partial charge is 0.228 e. The molecule has 1 aromatic rings. The van der Waals surface area contributed by atoms with Crippen molar-refractivity contribution in [3.8, 4) is 0 Å². The molecule has 2 saturated heterocycles. The van der Waals surface area contributed by atoms with Crippen molar-refractivity contribution in [2.45, 2.75) is 12.8 Å². The Morgan fingerprint density at radius 1 is 1.22 bits per heavy atom. The van der Waals surface area contributed by atoms with E-state index in [1.165, 1.54) is 0 Å². The molecule has 0 spiro atoms. The van der Waals surface area contributed by atoms with Crippen molar-refractivity contribution in [3.63, 3.8) is 0 Å². The van der Waals surface area contributed by atoms with Gasteiger partial charge in [0, 0.05) is 39.0 Å². The molecule has 1 atom stereocenters. The second kappa shape index (κ2) is 6.58. The number of anilines is 1. The monoisotopic (exact) mass is 335 g/mol. The fraction of sp³-hybridized carbons (Fsp3) is 0.438. The van der Waals surface area contributed by atoms with E-state index in [2.05, 4.69) is 5.32 Å². The highest BCUT2D eigenvalue weighted by molar-refractivity contribution is 6.33. The largest absolute Gasteiger partial charge is 0.354 e. The van der Waals surface area contributed by atoms with Gasteiger partial charge in [-0.3, -0.25) is 14.4 Å². The Labute approximate surface area is 139 Å². The van der Waals surface area contributed by atoms with E-state index in [9.17, 15) is 14.4 Å². The maximum absolute atomic E-state index is 12.6. The Kier molecular flexibility index (Phi) is 4.52. The van der Waals surface area contributed by atoms with Crippen LogP contribution < -0.4 is 10.2 Å². The molecule has 0 saturated carbocycles. The van der Waals surface area contributed by atoms with Crippen LogP contribution in [0.3, 0.4) is 0 Å². The SMILES string of the molecule is O=C1CCN(C(=O)[C@@H]2CC(=O)N(c3ccccc3Cl)C2)CCN1. The standard InChI is InChI=1S/C16H18ClN3O3/c17-12-3-1-2-4-13(12)20-10-11(9-15(20)22)16(23)19-7-5-14(21)18-6-8-19/h1-4,11H,5-10H2,(H,18,21)/t11-/m1/s1. The Morgan fingerprint density at radius 2 is 2.00 bits per heavy atom. The molecule has 0 unspecified atom stereocenters. The average molecular weight is 336 g/mol. The number of nitrogens with zero attached hydrogens (tertiary/aromatic N) is 2. The third kappa shape index (κ3) is 3.32. The number of carbonyl (C=O) groups excluding carboxylic acids is 3. The second-order valence-electron chi connectivity index (χ2n) is 5.78. The lowest BCUT2D eigenvalue weighted by molar-refractivity contribution is -0.135. The van der Waals surface area contributed by atoms with Gasteiger partial charge in [0.1, 0.15) is 0 Å². The topological polar surface area (TPSA) is 69.7 Å². The number of hydrogen-bond donors (Lipinski definition) is 1. The fourth-order valence-electron chi connectivity index (χ4n) is 3.02. The van der Waals surface area contributed by atoms with Crippen LogP contribution in [-0.2, 0) is 14.4 Å². The van der Waals surface area contributed by atoms with Crippen LogP contribution in [0.5, 0.6) is 0 Å². The van der Waals surface area contributed by atoms with E-state index in [1.807, 2.05) is 6.07 Å². The maximum atomic E-state index is 12.6. The van der Waals surface area contributed by atoms with E-state index in [-0.39, 0.29) is 30.1 Å². The number of benzene rings is 1. The van der Waals surface area contributed by atoms with Crippen LogP contribution >= 0.6 is 11.6 Å². The summed E-state index contributed by atoms with van der Waals surface area (Å²) >= 11 is 6.15. The summed E-state index contributed by atoms with van der Waals surface area (Å²) in [4.78, 5) is 39.5. The molecule has 0 aliphatic carbocycles. The van der Waals surface area contributed by atoms with E-state index < -0.39 is 0 Å². The van der Waals surface area contributed by atoms with E-state index in [0.29, 0.717) is 43.3 Å². The minimum absolute atomic E-state index is 0.0412. The van der Waals surface area contributed by atoms with E-state index in [0.717, 1.165) is 0 Å².